The molecule has 0 bridgehead atoms. The van der Waals surface area contributed by atoms with Crippen molar-refractivity contribution in [1.29, 1.82) is 0 Å². The van der Waals surface area contributed by atoms with Gasteiger partial charge in [0.2, 0.25) is 0 Å². The van der Waals surface area contributed by atoms with E-state index in [0.717, 1.165) is 5.56 Å². The van der Waals surface area contributed by atoms with Crippen molar-refractivity contribution in [2.75, 3.05) is 12.3 Å². The number of hydrogen-bond acceptors (Lipinski definition) is 3. The third kappa shape index (κ3) is 2.97. The van der Waals surface area contributed by atoms with Crippen molar-refractivity contribution in [3.05, 3.63) is 23.8 Å². The van der Waals surface area contributed by atoms with Crippen LogP contribution < -0.4 is 10.5 Å². The molecule has 0 aliphatic rings. The lowest BCUT2D eigenvalue weighted by atomic mass is 10.2. The van der Waals surface area contributed by atoms with Crippen molar-refractivity contribution in [2.45, 2.75) is 13.3 Å². The lowest BCUT2D eigenvalue weighted by Gasteiger charge is -2.06. The molecule has 0 heterocycles. The molecular weight excluding hydrogens is 182 g/mol. The number of carbonyl (C=O) groups is 1. The van der Waals surface area contributed by atoms with Crippen LogP contribution in [0.1, 0.15) is 12.0 Å². The van der Waals surface area contributed by atoms with E-state index in [0.29, 0.717) is 11.4 Å². The fourth-order valence-corrected chi connectivity index (χ4v) is 0.965. The van der Waals surface area contributed by atoms with Gasteiger partial charge in [-0.3, -0.25) is 4.79 Å². The monoisotopic (exact) mass is 195 g/mol. The summed E-state index contributed by atoms with van der Waals surface area (Å²) in [7, 11) is 0. The van der Waals surface area contributed by atoms with E-state index in [-0.39, 0.29) is 13.0 Å². The number of nitrogens with two attached hydrogens (primary N) is 1. The molecule has 3 N–H and O–H groups in total. The second kappa shape index (κ2) is 4.50. The molecular formula is C10H13NO3. The van der Waals surface area contributed by atoms with Gasteiger partial charge < -0.3 is 15.6 Å². The van der Waals surface area contributed by atoms with Gasteiger partial charge in [0.25, 0.3) is 0 Å². The van der Waals surface area contributed by atoms with E-state index in [2.05, 4.69) is 0 Å². The first-order valence-corrected chi connectivity index (χ1v) is 4.30. The Morgan fingerprint density at radius 2 is 2.29 bits per heavy atom. The molecule has 76 valence electrons. The number of aliphatic carboxylic acids is 1. The summed E-state index contributed by atoms with van der Waals surface area (Å²) in [5, 5.41) is 8.39. The van der Waals surface area contributed by atoms with Crippen LogP contribution in [0.3, 0.4) is 0 Å². The minimum absolute atomic E-state index is 0.00617. The van der Waals surface area contributed by atoms with Gasteiger partial charge in [0, 0.05) is 11.8 Å². The van der Waals surface area contributed by atoms with E-state index in [1.165, 1.54) is 0 Å². The Labute approximate surface area is 82.3 Å². The second-order valence-corrected chi connectivity index (χ2v) is 3.01. The van der Waals surface area contributed by atoms with Crippen LogP contribution in [0.5, 0.6) is 5.75 Å². The zero-order valence-electron chi connectivity index (χ0n) is 7.99. The number of nitrogen functional groups attached to an aromatic ring is 1. The first-order chi connectivity index (χ1) is 6.59. The van der Waals surface area contributed by atoms with Gasteiger partial charge >= 0.3 is 5.97 Å². The fourth-order valence-electron chi connectivity index (χ4n) is 0.965. The molecule has 14 heavy (non-hydrogen) atoms. The molecule has 4 nitrogen and oxygen atoms in total. The van der Waals surface area contributed by atoms with Crippen LogP contribution in [0.2, 0.25) is 0 Å². The maximum absolute atomic E-state index is 10.2. The minimum Gasteiger partial charge on any atom is -0.493 e. The second-order valence-electron chi connectivity index (χ2n) is 3.01. The van der Waals surface area contributed by atoms with E-state index in [1.54, 1.807) is 12.1 Å². The van der Waals surface area contributed by atoms with Crippen molar-refractivity contribution in [3.8, 4) is 5.75 Å². The standard InChI is InChI=1S/C10H13NO3/c1-7-2-3-8(6-9(7)11)14-5-4-10(12)13/h2-3,6H,4-5,11H2,1H3,(H,12,13). The summed E-state index contributed by atoms with van der Waals surface area (Å²) in [6.07, 6.45) is -0.00617. The Balaban J connectivity index is 2.51. The summed E-state index contributed by atoms with van der Waals surface area (Å²) >= 11 is 0. The van der Waals surface area contributed by atoms with E-state index in [4.69, 9.17) is 15.6 Å². The molecule has 0 aromatic heterocycles. The van der Waals surface area contributed by atoms with Crippen molar-refractivity contribution < 1.29 is 14.6 Å². The molecule has 0 atom stereocenters. The zero-order chi connectivity index (χ0) is 10.6. The molecule has 0 radical (unpaired) electrons. The fraction of sp³-hybridized carbons (Fsp3) is 0.300. The number of benzene rings is 1. The van der Waals surface area contributed by atoms with E-state index >= 15 is 0 Å². The largest absolute Gasteiger partial charge is 0.493 e. The minimum atomic E-state index is -0.870. The van der Waals surface area contributed by atoms with Crippen LogP contribution >= 0.6 is 0 Å². The highest BCUT2D eigenvalue weighted by Crippen LogP contribution is 2.18. The molecule has 0 aliphatic carbocycles. The molecule has 1 aromatic rings. The molecule has 0 saturated carbocycles. The predicted molar refractivity (Wildman–Crippen MR) is 53.3 cm³/mol. The third-order valence-electron chi connectivity index (χ3n) is 1.84. The van der Waals surface area contributed by atoms with Crippen molar-refractivity contribution in [2.24, 2.45) is 0 Å². The predicted octanol–water partition coefficient (Wildman–Crippen LogP) is 1.43. The highest BCUT2D eigenvalue weighted by atomic mass is 16.5. The average Bonchev–Trinajstić information content (AvgIpc) is 2.10. The van der Waals surface area contributed by atoms with Gasteiger partial charge in [-0.1, -0.05) is 6.07 Å². The average molecular weight is 195 g/mol. The van der Waals surface area contributed by atoms with E-state index in [1.807, 2.05) is 13.0 Å². The van der Waals surface area contributed by atoms with Gasteiger partial charge in [0.05, 0.1) is 13.0 Å². The number of hydrogen-bond donors (Lipinski definition) is 2. The molecule has 1 rings (SSSR count). The molecule has 0 spiro atoms. The Kier molecular flexibility index (Phi) is 3.34. The summed E-state index contributed by atoms with van der Waals surface area (Å²) in [5.74, 6) is -0.264. The third-order valence-corrected chi connectivity index (χ3v) is 1.84. The van der Waals surface area contributed by atoms with Crippen molar-refractivity contribution in [1.82, 2.24) is 0 Å². The van der Waals surface area contributed by atoms with Crippen LogP contribution in [-0.4, -0.2) is 17.7 Å². The maximum atomic E-state index is 10.2. The molecule has 1 aromatic carbocycles. The Bertz CT molecular complexity index is 336. The van der Waals surface area contributed by atoms with E-state index < -0.39 is 5.97 Å². The van der Waals surface area contributed by atoms with Crippen LogP contribution in [-0.2, 0) is 4.79 Å². The smallest absolute Gasteiger partial charge is 0.306 e. The first kappa shape index (κ1) is 10.4. The first-order valence-electron chi connectivity index (χ1n) is 4.30. The molecule has 4 heteroatoms. The number of anilines is 1. The van der Waals surface area contributed by atoms with Gasteiger partial charge in [-0.2, -0.15) is 0 Å². The number of ether oxygens (including phenoxy) is 1. The summed E-state index contributed by atoms with van der Waals surface area (Å²) < 4.78 is 5.19. The molecule has 0 amide bonds. The summed E-state index contributed by atoms with van der Waals surface area (Å²) in [6.45, 7) is 2.06. The van der Waals surface area contributed by atoms with Gasteiger partial charge in [-0.25, -0.2) is 0 Å². The van der Waals surface area contributed by atoms with Crippen LogP contribution in [0.15, 0.2) is 18.2 Å². The van der Waals surface area contributed by atoms with Crippen LogP contribution in [0.4, 0.5) is 5.69 Å². The highest BCUT2D eigenvalue weighted by molar-refractivity contribution is 5.66. The molecule has 0 fully saturated rings. The number of carboxylic acids is 1. The topological polar surface area (TPSA) is 72.5 Å². The number of carboxylic acid groups (broad SMARTS) is 1. The van der Waals surface area contributed by atoms with Gasteiger partial charge in [-0.15, -0.1) is 0 Å². The van der Waals surface area contributed by atoms with Crippen LogP contribution in [0.25, 0.3) is 0 Å². The van der Waals surface area contributed by atoms with Gasteiger partial charge in [0.1, 0.15) is 5.75 Å². The van der Waals surface area contributed by atoms with Crippen molar-refractivity contribution >= 4 is 11.7 Å². The summed E-state index contributed by atoms with van der Waals surface area (Å²) in [6, 6.07) is 5.30. The lowest BCUT2D eigenvalue weighted by molar-refractivity contribution is -0.137. The lowest BCUT2D eigenvalue weighted by Crippen LogP contribution is -2.05. The zero-order valence-corrected chi connectivity index (χ0v) is 7.99. The summed E-state index contributed by atoms with van der Waals surface area (Å²) in [5.41, 5.74) is 7.29. The Morgan fingerprint density at radius 1 is 1.57 bits per heavy atom. The Morgan fingerprint density at radius 3 is 2.86 bits per heavy atom. The maximum Gasteiger partial charge on any atom is 0.306 e. The molecule has 0 unspecified atom stereocenters. The van der Waals surface area contributed by atoms with Gasteiger partial charge in [0.15, 0.2) is 0 Å². The quantitative estimate of drug-likeness (QED) is 0.713. The van der Waals surface area contributed by atoms with E-state index in [9.17, 15) is 4.79 Å². The SMILES string of the molecule is Cc1ccc(OCCC(=O)O)cc1N. The van der Waals surface area contributed by atoms with Crippen molar-refractivity contribution in [3.63, 3.8) is 0 Å². The highest BCUT2D eigenvalue weighted by Gasteiger charge is 2.00. The number of aryl methyl sites for hydroxylation is 1. The Hall–Kier alpha value is -1.71. The van der Waals surface area contributed by atoms with Crippen LogP contribution in [0, 0.1) is 6.92 Å². The van der Waals surface area contributed by atoms with Gasteiger partial charge in [-0.05, 0) is 18.6 Å². The molecule has 0 aliphatic heterocycles. The molecule has 0 saturated heterocycles. The summed E-state index contributed by atoms with van der Waals surface area (Å²) in [4.78, 5) is 10.2. The number of rotatable bonds is 4. The normalized spacial score (nSPS) is 9.79.